The maximum Gasteiger partial charge on any atom is 0.328 e. The van der Waals surface area contributed by atoms with Crippen LogP contribution >= 0.6 is 0 Å². The quantitative estimate of drug-likeness (QED) is 0.773. The molecule has 2 aromatic rings. The molecule has 2 amide bonds. The van der Waals surface area contributed by atoms with Crippen molar-refractivity contribution < 1.29 is 19.4 Å². The number of amides is 2. The van der Waals surface area contributed by atoms with Crippen molar-refractivity contribution in [2.24, 2.45) is 0 Å². The van der Waals surface area contributed by atoms with Crippen LogP contribution in [0.1, 0.15) is 0 Å². The Morgan fingerprint density at radius 1 is 1.38 bits per heavy atom. The van der Waals surface area contributed by atoms with E-state index in [0.717, 1.165) is 10.8 Å². The predicted molar refractivity (Wildman–Crippen MR) is 77.2 cm³/mol. The number of urea groups is 1. The number of carbonyl (C=O) groups excluding carboxylic acids is 1. The van der Waals surface area contributed by atoms with Gasteiger partial charge in [-0.15, -0.1) is 0 Å². The number of carboxylic acid groups (broad SMARTS) is 1. The normalized spacial score (nSPS) is 11.9. The first-order chi connectivity index (χ1) is 10.1. The number of aromatic nitrogens is 1. The van der Waals surface area contributed by atoms with Crippen molar-refractivity contribution >= 4 is 28.5 Å². The number of anilines is 1. The summed E-state index contributed by atoms with van der Waals surface area (Å²) in [5, 5.41) is 15.6. The van der Waals surface area contributed by atoms with E-state index in [9.17, 15) is 9.59 Å². The lowest BCUT2D eigenvalue weighted by atomic mass is 10.1. The van der Waals surface area contributed by atoms with Crippen molar-refractivity contribution in [3.63, 3.8) is 0 Å². The molecule has 1 atom stereocenters. The van der Waals surface area contributed by atoms with E-state index < -0.39 is 18.0 Å². The molecule has 0 aliphatic rings. The van der Waals surface area contributed by atoms with E-state index in [1.165, 1.54) is 7.11 Å². The fourth-order valence-corrected chi connectivity index (χ4v) is 1.88. The van der Waals surface area contributed by atoms with Gasteiger partial charge in [0.2, 0.25) is 0 Å². The molecule has 7 nitrogen and oxygen atoms in total. The van der Waals surface area contributed by atoms with Gasteiger partial charge in [0.05, 0.1) is 12.3 Å². The Hall–Kier alpha value is -2.67. The fraction of sp³-hybridized carbons (Fsp3) is 0.214. The molecule has 1 heterocycles. The van der Waals surface area contributed by atoms with E-state index in [-0.39, 0.29) is 6.61 Å². The lowest BCUT2D eigenvalue weighted by Gasteiger charge is -2.15. The fourth-order valence-electron chi connectivity index (χ4n) is 1.88. The lowest BCUT2D eigenvalue weighted by Crippen LogP contribution is -2.45. The first-order valence-corrected chi connectivity index (χ1v) is 6.24. The van der Waals surface area contributed by atoms with Crippen LogP contribution in [0.3, 0.4) is 0 Å². The van der Waals surface area contributed by atoms with Crippen LogP contribution in [0.2, 0.25) is 0 Å². The lowest BCUT2D eigenvalue weighted by molar-refractivity contribution is -0.140. The second kappa shape index (κ2) is 6.67. The molecule has 0 radical (unpaired) electrons. The number of ether oxygens (including phenoxy) is 1. The van der Waals surface area contributed by atoms with Gasteiger partial charge in [0.1, 0.15) is 0 Å². The number of methoxy groups -OCH3 is 1. The zero-order valence-electron chi connectivity index (χ0n) is 11.4. The van der Waals surface area contributed by atoms with Gasteiger partial charge in [-0.05, 0) is 17.5 Å². The van der Waals surface area contributed by atoms with Crippen molar-refractivity contribution in [2.45, 2.75) is 6.04 Å². The first-order valence-electron chi connectivity index (χ1n) is 6.24. The van der Waals surface area contributed by atoms with Gasteiger partial charge >= 0.3 is 12.0 Å². The standard InChI is InChI=1S/C14H15N3O4/c1-21-8-12(13(18)19)17-14(20)16-11-4-2-3-9-5-6-15-7-10(9)11/h2-7,12H,8H2,1H3,(H,18,19)(H2,16,17,20). The molecule has 0 bridgehead atoms. The molecule has 2 rings (SSSR count). The van der Waals surface area contributed by atoms with Gasteiger partial charge in [-0.1, -0.05) is 12.1 Å². The molecular formula is C14H15N3O4. The number of fused-ring (bicyclic) bond motifs is 1. The summed E-state index contributed by atoms with van der Waals surface area (Å²) in [6.07, 6.45) is 3.29. The van der Waals surface area contributed by atoms with Crippen LogP contribution in [0.4, 0.5) is 10.5 Å². The summed E-state index contributed by atoms with van der Waals surface area (Å²) in [7, 11) is 1.37. The largest absolute Gasteiger partial charge is 0.480 e. The molecule has 1 aromatic heterocycles. The van der Waals surface area contributed by atoms with Gasteiger partial charge in [-0.3, -0.25) is 4.98 Å². The number of nitrogens with one attached hydrogen (secondary N) is 2. The summed E-state index contributed by atoms with van der Waals surface area (Å²) in [5.41, 5.74) is 0.555. The average Bonchev–Trinajstić information content (AvgIpc) is 2.47. The zero-order chi connectivity index (χ0) is 15.2. The van der Waals surface area contributed by atoms with Gasteiger partial charge in [-0.2, -0.15) is 0 Å². The summed E-state index contributed by atoms with van der Waals surface area (Å²) in [5.74, 6) is -1.16. The minimum Gasteiger partial charge on any atom is -0.480 e. The molecule has 0 saturated heterocycles. The molecule has 1 unspecified atom stereocenters. The number of hydrogen-bond donors (Lipinski definition) is 3. The third-order valence-electron chi connectivity index (χ3n) is 2.87. The maximum atomic E-state index is 11.9. The molecule has 0 aliphatic heterocycles. The highest BCUT2D eigenvalue weighted by atomic mass is 16.5. The number of carbonyl (C=O) groups is 2. The highest BCUT2D eigenvalue weighted by Crippen LogP contribution is 2.21. The summed E-state index contributed by atoms with van der Waals surface area (Å²) in [4.78, 5) is 26.9. The van der Waals surface area contributed by atoms with Crippen molar-refractivity contribution in [1.82, 2.24) is 10.3 Å². The van der Waals surface area contributed by atoms with E-state index in [0.29, 0.717) is 5.69 Å². The van der Waals surface area contributed by atoms with Crippen LogP contribution in [-0.2, 0) is 9.53 Å². The van der Waals surface area contributed by atoms with E-state index in [1.807, 2.05) is 12.1 Å². The molecule has 110 valence electrons. The van der Waals surface area contributed by atoms with Crippen molar-refractivity contribution in [2.75, 3.05) is 19.0 Å². The summed E-state index contributed by atoms with van der Waals surface area (Å²) in [6, 6.07) is 5.50. The second-order valence-electron chi connectivity index (χ2n) is 4.35. The van der Waals surface area contributed by atoms with E-state index in [4.69, 9.17) is 9.84 Å². The van der Waals surface area contributed by atoms with Crippen molar-refractivity contribution in [1.29, 1.82) is 0 Å². The summed E-state index contributed by atoms with van der Waals surface area (Å²) < 4.78 is 4.75. The Labute approximate surface area is 120 Å². The van der Waals surface area contributed by atoms with Crippen LogP contribution in [0.25, 0.3) is 10.8 Å². The van der Waals surface area contributed by atoms with Crippen molar-refractivity contribution in [3.8, 4) is 0 Å². The molecule has 3 N–H and O–H groups in total. The summed E-state index contributed by atoms with van der Waals surface area (Å²) >= 11 is 0. The molecule has 0 fully saturated rings. The number of nitrogens with zero attached hydrogens (tertiary/aromatic N) is 1. The minimum atomic E-state index is -1.16. The second-order valence-corrected chi connectivity index (χ2v) is 4.35. The third kappa shape index (κ3) is 3.67. The Balaban J connectivity index is 2.13. The van der Waals surface area contributed by atoms with Gasteiger partial charge in [0, 0.05) is 24.9 Å². The molecular weight excluding hydrogens is 274 g/mol. The topological polar surface area (TPSA) is 101 Å². The Kier molecular flexibility index (Phi) is 4.68. The van der Waals surface area contributed by atoms with Crippen LogP contribution in [0.5, 0.6) is 0 Å². The highest BCUT2D eigenvalue weighted by molar-refractivity contribution is 6.01. The maximum absolute atomic E-state index is 11.9. The first kappa shape index (κ1) is 14.7. The van der Waals surface area contributed by atoms with Crippen LogP contribution < -0.4 is 10.6 Å². The van der Waals surface area contributed by atoms with Crippen LogP contribution in [0.15, 0.2) is 36.7 Å². The molecule has 21 heavy (non-hydrogen) atoms. The molecule has 1 aromatic carbocycles. The van der Waals surface area contributed by atoms with Crippen LogP contribution in [-0.4, -0.2) is 41.8 Å². The highest BCUT2D eigenvalue weighted by Gasteiger charge is 2.19. The number of aliphatic carboxylic acids is 1. The number of pyridine rings is 1. The number of benzene rings is 1. The summed E-state index contributed by atoms with van der Waals surface area (Å²) in [6.45, 7) is -0.111. The number of carboxylic acids is 1. The monoisotopic (exact) mass is 289 g/mol. The molecule has 0 spiro atoms. The van der Waals surface area contributed by atoms with Crippen LogP contribution in [0, 0.1) is 0 Å². The Morgan fingerprint density at radius 3 is 2.90 bits per heavy atom. The average molecular weight is 289 g/mol. The van der Waals surface area contributed by atoms with E-state index >= 15 is 0 Å². The number of hydrogen-bond acceptors (Lipinski definition) is 4. The minimum absolute atomic E-state index is 0.111. The smallest absolute Gasteiger partial charge is 0.328 e. The van der Waals surface area contributed by atoms with Gasteiger partial charge in [-0.25, -0.2) is 9.59 Å². The van der Waals surface area contributed by atoms with Gasteiger partial charge in [0.15, 0.2) is 6.04 Å². The zero-order valence-corrected chi connectivity index (χ0v) is 11.4. The van der Waals surface area contributed by atoms with E-state index in [2.05, 4.69) is 15.6 Å². The van der Waals surface area contributed by atoms with Gasteiger partial charge in [0.25, 0.3) is 0 Å². The third-order valence-corrected chi connectivity index (χ3v) is 2.87. The number of rotatable bonds is 5. The van der Waals surface area contributed by atoms with E-state index in [1.54, 1.807) is 24.5 Å². The molecule has 0 aliphatic carbocycles. The molecule has 7 heteroatoms. The predicted octanol–water partition coefficient (Wildman–Crippen LogP) is 1.46. The Bertz CT molecular complexity index is 654. The van der Waals surface area contributed by atoms with Gasteiger partial charge < -0.3 is 20.5 Å². The SMILES string of the molecule is COCC(NC(=O)Nc1cccc2ccncc12)C(=O)O. The molecule has 0 saturated carbocycles. The van der Waals surface area contributed by atoms with Crippen molar-refractivity contribution in [3.05, 3.63) is 36.7 Å². The Morgan fingerprint density at radius 2 is 2.19 bits per heavy atom.